The zero-order chi connectivity index (χ0) is 12.8. The van der Waals surface area contributed by atoms with Gasteiger partial charge in [-0.15, -0.1) is 0 Å². The Hall–Kier alpha value is -1.20. The quantitative estimate of drug-likeness (QED) is 0.833. The van der Waals surface area contributed by atoms with Gasteiger partial charge in [-0.1, -0.05) is 0 Å². The molecule has 1 saturated heterocycles. The first-order chi connectivity index (χ1) is 8.81. The maximum absolute atomic E-state index is 5.56. The van der Waals surface area contributed by atoms with Crippen molar-refractivity contribution in [2.75, 3.05) is 37.6 Å². The molecule has 2 rings (SSSR count). The lowest BCUT2D eigenvalue weighted by molar-refractivity contribution is 0.186. The fraction of sp³-hybridized carbons (Fsp3) is 0.692. The molecule has 5 heteroatoms. The van der Waals surface area contributed by atoms with Gasteiger partial charge in [-0.3, -0.25) is 4.90 Å². The van der Waals surface area contributed by atoms with Crippen LogP contribution < -0.4 is 10.6 Å². The largest absolute Gasteiger partial charge is 0.338 e. The third-order valence-electron chi connectivity index (χ3n) is 3.60. The highest BCUT2D eigenvalue weighted by Gasteiger charge is 2.21. The number of aromatic nitrogens is 2. The van der Waals surface area contributed by atoms with Crippen LogP contribution in [0.15, 0.2) is 18.5 Å². The molecule has 2 heterocycles. The highest BCUT2D eigenvalue weighted by Crippen LogP contribution is 2.13. The van der Waals surface area contributed by atoms with Gasteiger partial charge in [-0.2, -0.15) is 0 Å². The first-order valence-electron chi connectivity index (χ1n) is 6.77. The summed E-state index contributed by atoms with van der Waals surface area (Å²) in [5.41, 5.74) is 5.56. The topological polar surface area (TPSA) is 58.3 Å². The van der Waals surface area contributed by atoms with Crippen LogP contribution in [0.4, 0.5) is 5.95 Å². The number of hydrogen-bond donors (Lipinski definition) is 1. The normalized spacial score (nSPS) is 18.9. The van der Waals surface area contributed by atoms with E-state index in [-0.39, 0.29) is 0 Å². The van der Waals surface area contributed by atoms with Crippen LogP contribution in [0.3, 0.4) is 0 Å². The van der Waals surface area contributed by atoms with Crippen LogP contribution in [-0.2, 0) is 0 Å². The fourth-order valence-corrected chi connectivity index (χ4v) is 2.41. The molecule has 100 valence electrons. The van der Waals surface area contributed by atoms with Crippen LogP contribution in [0.1, 0.15) is 19.8 Å². The summed E-state index contributed by atoms with van der Waals surface area (Å²) in [7, 11) is 0. The van der Waals surface area contributed by atoms with Crippen LogP contribution in [-0.4, -0.2) is 53.6 Å². The van der Waals surface area contributed by atoms with E-state index in [1.54, 1.807) is 12.4 Å². The van der Waals surface area contributed by atoms with Gasteiger partial charge in [-0.05, 0) is 32.4 Å². The molecule has 18 heavy (non-hydrogen) atoms. The van der Waals surface area contributed by atoms with E-state index in [9.17, 15) is 0 Å². The lowest BCUT2D eigenvalue weighted by Crippen LogP contribution is -2.50. The minimum atomic E-state index is 0.632. The van der Waals surface area contributed by atoms with Crippen molar-refractivity contribution in [3.05, 3.63) is 18.5 Å². The van der Waals surface area contributed by atoms with Crippen molar-refractivity contribution in [2.24, 2.45) is 5.73 Å². The van der Waals surface area contributed by atoms with E-state index in [1.165, 1.54) is 6.42 Å². The Bertz CT molecular complexity index is 334. The van der Waals surface area contributed by atoms with Crippen LogP contribution in [0, 0.1) is 0 Å². The minimum Gasteiger partial charge on any atom is -0.338 e. The minimum absolute atomic E-state index is 0.632. The highest BCUT2D eigenvalue weighted by molar-refractivity contribution is 5.29. The third-order valence-corrected chi connectivity index (χ3v) is 3.60. The van der Waals surface area contributed by atoms with Crippen molar-refractivity contribution in [3.63, 3.8) is 0 Å². The highest BCUT2D eigenvalue weighted by atomic mass is 15.3. The second-order valence-corrected chi connectivity index (χ2v) is 4.85. The summed E-state index contributed by atoms with van der Waals surface area (Å²) in [6, 6.07) is 2.49. The predicted octanol–water partition coefficient (Wildman–Crippen LogP) is 0.726. The van der Waals surface area contributed by atoms with Crippen LogP contribution in [0.2, 0.25) is 0 Å². The number of nitrogens with zero attached hydrogens (tertiary/aromatic N) is 4. The van der Waals surface area contributed by atoms with E-state index in [2.05, 4.69) is 26.7 Å². The second-order valence-electron chi connectivity index (χ2n) is 4.85. The summed E-state index contributed by atoms with van der Waals surface area (Å²) in [5, 5.41) is 0. The van der Waals surface area contributed by atoms with Crippen molar-refractivity contribution in [3.8, 4) is 0 Å². The number of piperazine rings is 1. The molecule has 5 nitrogen and oxygen atoms in total. The molecule has 0 radical (unpaired) electrons. The average molecular weight is 249 g/mol. The molecule has 1 atom stereocenters. The van der Waals surface area contributed by atoms with E-state index in [4.69, 9.17) is 5.73 Å². The van der Waals surface area contributed by atoms with Gasteiger partial charge in [0.05, 0.1) is 0 Å². The maximum atomic E-state index is 5.56. The number of anilines is 1. The Morgan fingerprint density at radius 1 is 1.22 bits per heavy atom. The van der Waals surface area contributed by atoms with Gasteiger partial charge < -0.3 is 10.6 Å². The zero-order valence-electron chi connectivity index (χ0n) is 11.1. The first-order valence-corrected chi connectivity index (χ1v) is 6.77. The molecule has 1 aliphatic heterocycles. The molecule has 2 N–H and O–H groups in total. The van der Waals surface area contributed by atoms with Gasteiger partial charge in [0.1, 0.15) is 0 Å². The Morgan fingerprint density at radius 2 is 1.89 bits per heavy atom. The number of rotatable bonds is 5. The Kier molecular flexibility index (Phi) is 4.90. The lowest BCUT2D eigenvalue weighted by Gasteiger charge is -2.38. The van der Waals surface area contributed by atoms with Gasteiger partial charge in [0, 0.05) is 44.6 Å². The van der Waals surface area contributed by atoms with Gasteiger partial charge in [-0.25, -0.2) is 9.97 Å². The van der Waals surface area contributed by atoms with Gasteiger partial charge >= 0.3 is 0 Å². The summed E-state index contributed by atoms with van der Waals surface area (Å²) >= 11 is 0. The van der Waals surface area contributed by atoms with E-state index in [0.717, 1.165) is 45.1 Å². The summed E-state index contributed by atoms with van der Waals surface area (Å²) in [5.74, 6) is 0.853. The first kappa shape index (κ1) is 13.2. The summed E-state index contributed by atoms with van der Waals surface area (Å²) in [4.78, 5) is 13.4. The van der Waals surface area contributed by atoms with E-state index >= 15 is 0 Å². The summed E-state index contributed by atoms with van der Waals surface area (Å²) in [6.45, 7) is 7.29. The molecule has 0 bridgehead atoms. The molecule has 1 aromatic heterocycles. The van der Waals surface area contributed by atoms with Gasteiger partial charge in [0.2, 0.25) is 5.95 Å². The zero-order valence-corrected chi connectivity index (χ0v) is 11.1. The van der Waals surface area contributed by atoms with E-state index in [1.807, 2.05) is 6.07 Å². The molecular formula is C13H23N5. The fourth-order valence-electron chi connectivity index (χ4n) is 2.41. The second kappa shape index (κ2) is 6.66. The Morgan fingerprint density at radius 3 is 2.50 bits per heavy atom. The van der Waals surface area contributed by atoms with Crippen molar-refractivity contribution >= 4 is 5.95 Å². The smallest absolute Gasteiger partial charge is 0.225 e. The molecule has 0 aliphatic carbocycles. The van der Waals surface area contributed by atoms with Crippen molar-refractivity contribution in [1.29, 1.82) is 0 Å². The van der Waals surface area contributed by atoms with Crippen LogP contribution in [0.5, 0.6) is 0 Å². The number of hydrogen-bond acceptors (Lipinski definition) is 5. The maximum Gasteiger partial charge on any atom is 0.225 e. The molecule has 0 saturated carbocycles. The molecule has 1 fully saturated rings. The predicted molar refractivity (Wildman–Crippen MR) is 73.6 cm³/mol. The van der Waals surface area contributed by atoms with Crippen LogP contribution >= 0.6 is 0 Å². The van der Waals surface area contributed by atoms with Crippen LogP contribution in [0.25, 0.3) is 0 Å². The molecule has 1 aliphatic rings. The van der Waals surface area contributed by atoms with E-state index in [0.29, 0.717) is 6.04 Å². The Balaban J connectivity index is 1.81. The standard InChI is InChI=1S/C13H23N5/c1-12(4-2-5-14)17-8-10-18(11-9-17)13-15-6-3-7-16-13/h3,6-7,12H,2,4-5,8-11,14H2,1H3/t12-/m0/s1. The molecule has 0 spiro atoms. The Labute approximate surface area is 109 Å². The molecular weight excluding hydrogens is 226 g/mol. The number of nitrogens with two attached hydrogens (primary N) is 1. The molecule has 1 aromatic rings. The van der Waals surface area contributed by atoms with Crippen molar-refractivity contribution in [1.82, 2.24) is 14.9 Å². The van der Waals surface area contributed by atoms with E-state index < -0.39 is 0 Å². The summed E-state index contributed by atoms with van der Waals surface area (Å²) < 4.78 is 0. The summed E-state index contributed by atoms with van der Waals surface area (Å²) in [6.07, 6.45) is 5.92. The average Bonchev–Trinajstić information content (AvgIpc) is 2.46. The van der Waals surface area contributed by atoms with Crippen molar-refractivity contribution in [2.45, 2.75) is 25.8 Å². The molecule has 0 amide bonds. The monoisotopic (exact) mass is 249 g/mol. The lowest BCUT2D eigenvalue weighted by atomic mass is 10.1. The molecule has 0 unspecified atom stereocenters. The third kappa shape index (κ3) is 3.40. The van der Waals surface area contributed by atoms with Crippen molar-refractivity contribution < 1.29 is 0 Å². The molecule has 0 aromatic carbocycles. The van der Waals surface area contributed by atoms with Gasteiger partial charge in [0.15, 0.2) is 0 Å². The SMILES string of the molecule is C[C@@H](CCCN)N1CCN(c2ncccn2)CC1. The van der Waals surface area contributed by atoms with Gasteiger partial charge in [0.25, 0.3) is 0 Å².